The summed E-state index contributed by atoms with van der Waals surface area (Å²) in [7, 11) is 0. The Morgan fingerprint density at radius 3 is 2.56 bits per heavy atom. The molecule has 0 aliphatic carbocycles. The van der Waals surface area contributed by atoms with E-state index in [9.17, 15) is 14.0 Å². The van der Waals surface area contributed by atoms with Crippen LogP contribution in [0, 0.1) is 12.7 Å². The van der Waals surface area contributed by atoms with Crippen LogP contribution in [-0.2, 0) is 10.3 Å². The largest absolute Gasteiger partial charge is 0.492 e. The van der Waals surface area contributed by atoms with Crippen molar-refractivity contribution in [2.75, 3.05) is 13.2 Å². The number of amides is 3. The van der Waals surface area contributed by atoms with E-state index in [4.69, 9.17) is 4.74 Å². The smallest absolute Gasteiger partial charge is 0.325 e. The number of ether oxygens (including phenoxy) is 1. The van der Waals surface area contributed by atoms with E-state index in [0.717, 1.165) is 16.0 Å². The van der Waals surface area contributed by atoms with Gasteiger partial charge in [0, 0.05) is 6.07 Å². The molecule has 1 aliphatic heterocycles. The predicted molar refractivity (Wildman–Crippen MR) is 90.7 cm³/mol. The van der Waals surface area contributed by atoms with Gasteiger partial charge in [-0.3, -0.25) is 9.69 Å². The first-order valence-corrected chi connectivity index (χ1v) is 8.00. The van der Waals surface area contributed by atoms with Crippen LogP contribution in [0.25, 0.3) is 0 Å². The van der Waals surface area contributed by atoms with Crippen molar-refractivity contribution in [3.63, 3.8) is 0 Å². The molecule has 1 atom stereocenters. The van der Waals surface area contributed by atoms with Crippen molar-refractivity contribution in [1.29, 1.82) is 0 Å². The number of carbonyl (C=O) groups is 2. The molecule has 0 bridgehead atoms. The Labute approximate surface area is 145 Å². The number of aryl methyl sites for hydroxylation is 1. The van der Waals surface area contributed by atoms with Gasteiger partial charge in [0.15, 0.2) is 0 Å². The molecule has 130 valence electrons. The number of benzene rings is 2. The molecule has 6 heteroatoms. The van der Waals surface area contributed by atoms with Gasteiger partial charge in [-0.05, 0) is 31.5 Å². The molecule has 3 rings (SSSR count). The lowest BCUT2D eigenvalue weighted by molar-refractivity contribution is -0.131. The molecule has 3 amide bonds. The normalized spacial score (nSPS) is 19.9. The highest BCUT2D eigenvalue weighted by Crippen LogP contribution is 2.28. The van der Waals surface area contributed by atoms with Crippen molar-refractivity contribution in [3.05, 3.63) is 65.5 Å². The second kappa shape index (κ2) is 6.55. The first-order chi connectivity index (χ1) is 11.9. The number of nitrogens with zero attached hydrogens (tertiary/aromatic N) is 1. The van der Waals surface area contributed by atoms with Crippen molar-refractivity contribution in [2.45, 2.75) is 19.4 Å². The van der Waals surface area contributed by atoms with E-state index in [1.54, 1.807) is 13.0 Å². The molecular weight excluding hydrogens is 323 g/mol. The summed E-state index contributed by atoms with van der Waals surface area (Å²) in [6, 6.07) is 12.7. The Kier molecular flexibility index (Phi) is 4.44. The first-order valence-electron chi connectivity index (χ1n) is 8.00. The van der Waals surface area contributed by atoms with E-state index in [2.05, 4.69) is 5.32 Å². The van der Waals surface area contributed by atoms with Crippen LogP contribution in [0.15, 0.2) is 48.5 Å². The third kappa shape index (κ3) is 3.33. The van der Waals surface area contributed by atoms with Crippen LogP contribution < -0.4 is 10.1 Å². The van der Waals surface area contributed by atoms with E-state index in [0.29, 0.717) is 5.75 Å². The second-order valence-electron chi connectivity index (χ2n) is 6.18. The minimum Gasteiger partial charge on any atom is -0.492 e. The Bertz CT molecular complexity index is 807. The summed E-state index contributed by atoms with van der Waals surface area (Å²) in [5.74, 6) is -0.378. The summed E-state index contributed by atoms with van der Waals surface area (Å²) < 4.78 is 18.5. The van der Waals surface area contributed by atoms with Crippen molar-refractivity contribution in [3.8, 4) is 5.75 Å². The number of hydrogen-bond donors (Lipinski definition) is 1. The van der Waals surface area contributed by atoms with Crippen LogP contribution in [0.3, 0.4) is 0 Å². The van der Waals surface area contributed by atoms with Gasteiger partial charge in [-0.25, -0.2) is 9.18 Å². The van der Waals surface area contributed by atoms with Crippen LogP contribution >= 0.6 is 0 Å². The predicted octanol–water partition coefficient (Wildman–Crippen LogP) is 2.98. The summed E-state index contributed by atoms with van der Waals surface area (Å²) in [6.45, 7) is 3.82. The van der Waals surface area contributed by atoms with Gasteiger partial charge in [0.1, 0.15) is 23.7 Å². The van der Waals surface area contributed by atoms with Crippen LogP contribution in [-0.4, -0.2) is 30.0 Å². The molecule has 2 aromatic carbocycles. The van der Waals surface area contributed by atoms with Crippen molar-refractivity contribution < 1.29 is 18.7 Å². The second-order valence-corrected chi connectivity index (χ2v) is 6.18. The van der Waals surface area contributed by atoms with Crippen LogP contribution in [0.1, 0.15) is 18.1 Å². The lowest BCUT2D eigenvalue weighted by atomic mass is 9.91. The molecule has 1 heterocycles. The van der Waals surface area contributed by atoms with Gasteiger partial charge in [0.25, 0.3) is 5.91 Å². The number of halogens is 1. The Balaban J connectivity index is 1.68. The molecule has 1 unspecified atom stereocenters. The average molecular weight is 342 g/mol. The highest BCUT2D eigenvalue weighted by molar-refractivity contribution is 6.07. The number of rotatable bonds is 5. The van der Waals surface area contributed by atoms with Gasteiger partial charge in [-0.2, -0.15) is 0 Å². The van der Waals surface area contributed by atoms with E-state index in [-0.39, 0.29) is 19.1 Å². The van der Waals surface area contributed by atoms with Crippen molar-refractivity contribution in [2.24, 2.45) is 0 Å². The lowest BCUT2D eigenvalue weighted by Gasteiger charge is -2.22. The summed E-state index contributed by atoms with van der Waals surface area (Å²) >= 11 is 0. The van der Waals surface area contributed by atoms with E-state index >= 15 is 0 Å². The molecule has 2 aromatic rings. The minimum atomic E-state index is -1.09. The van der Waals surface area contributed by atoms with E-state index < -0.39 is 17.4 Å². The monoisotopic (exact) mass is 342 g/mol. The molecule has 5 nitrogen and oxygen atoms in total. The third-order valence-electron chi connectivity index (χ3n) is 4.28. The number of nitrogens with one attached hydrogen (secondary N) is 1. The van der Waals surface area contributed by atoms with E-state index in [1.165, 1.54) is 18.2 Å². The van der Waals surface area contributed by atoms with Gasteiger partial charge >= 0.3 is 6.03 Å². The molecule has 25 heavy (non-hydrogen) atoms. The van der Waals surface area contributed by atoms with Crippen molar-refractivity contribution in [1.82, 2.24) is 10.2 Å². The molecule has 1 saturated heterocycles. The summed E-state index contributed by atoms with van der Waals surface area (Å²) in [4.78, 5) is 26.1. The van der Waals surface area contributed by atoms with E-state index in [1.807, 2.05) is 31.2 Å². The molecule has 0 aromatic heterocycles. The third-order valence-corrected chi connectivity index (χ3v) is 4.28. The molecule has 0 saturated carbocycles. The van der Waals surface area contributed by atoms with Gasteiger partial charge < -0.3 is 10.1 Å². The molecule has 1 aliphatic rings. The fraction of sp³-hybridized carbons (Fsp3) is 0.263. The zero-order valence-corrected chi connectivity index (χ0v) is 14.1. The molecule has 1 N–H and O–H groups in total. The van der Waals surface area contributed by atoms with Gasteiger partial charge in [-0.15, -0.1) is 0 Å². The highest BCUT2D eigenvalue weighted by atomic mass is 19.1. The molecule has 1 fully saturated rings. The first kappa shape index (κ1) is 17.0. The lowest BCUT2D eigenvalue weighted by Crippen LogP contribution is -2.41. The standard InChI is InChI=1S/C19H19FN2O3/c1-13-6-8-14(9-7-13)19(2)17(23)22(18(24)21-19)10-11-25-16-5-3-4-15(20)12-16/h3-9,12H,10-11H2,1-2H3,(H,21,24). The Morgan fingerprint density at radius 2 is 1.88 bits per heavy atom. The maximum Gasteiger partial charge on any atom is 0.325 e. The van der Waals surface area contributed by atoms with Gasteiger partial charge in [-0.1, -0.05) is 35.9 Å². The number of imide groups is 1. The van der Waals surface area contributed by atoms with Crippen LogP contribution in [0.4, 0.5) is 9.18 Å². The van der Waals surface area contributed by atoms with Crippen LogP contribution in [0.2, 0.25) is 0 Å². The molecule has 0 radical (unpaired) electrons. The molecule has 0 spiro atoms. The minimum absolute atomic E-state index is 0.0859. The zero-order valence-electron chi connectivity index (χ0n) is 14.1. The average Bonchev–Trinajstić information content (AvgIpc) is 2.79. The summed E-state index contributed by atoms with van der Waals surface area (Å²) in [6.07, 6.45) is 0. The van der Waals surface area contributed by atoms with Gasteiger partial charge in [0.05, 0.1) is 6.54 Å². The summed E-state index contributed by atoms with van der Waals surface area (Å²) in [5.41, 5.74) is 0.707. The van der Waals surface area contributed by atoms with Crippen molar-refractivity contribution >= 4 is 11.9 Å². The van der Waals surface area contributed by atoms with Gasteiger partial charge in [0.2, 0.25) is 0 Å². The number of hydrogen-bond acceptors (Lipinski definition) is 3. The number of carbonyl (C=O) groups excluding carboxylic acids is 2. The Hall–Kier alpha value is -2.89. The highest BCUT2D eigenvalue weighted by Gasteiger charge is 2.48. The topological polar surface area (TPSA) is 58.6 Å². The quantitative estimate of drug-likeness (QED) is 0.850. The maximum atomic E-state index is 13.1. The zero-order chi connectivity index (χ0) is 18.0. The number of urea groups is 1. The maximum absolute atomic E-state index is 13.1. The fourth-order valence-corrected chi connectivity index (χ4v) is 2.79. The summed E-state index contributed by atoms with van der Waals surface area (Å²) in [5, 5.41) is 2.75. The molecular formula is C19H19FN2O3. The van der Waals surface area contributed by atoms with Crippen LogP contribution in [0.5, 0.6) is 5.75 Å². The fourth-order valence-electron chi connectivity index (χ4n) is 2.79. The SMILES string of the molecule is Cc1ccc(C2(C)NC(=O)N(CCOc3cccc(F)c3)C2=O)cc1. The Morgan fingerprint density at radius 1 is 1.16 bits per heavy atom.